The summed E-state index contributed by atoms with van der Waals surface area (Å²) in [4.78, 5) is 16.2. The number of aromatic amines is 1. The molecule has 7 nitrogen and oxygen atoms in total. The molecule has 0 bridgehead atoms. The predicted octanol–water partition coefficient (Wildman–Crippen LogP) is 2.41. The number of carbonyl (C=O) groups is 1. The maximum Gasteiger partial charge on any atom is 0.256 e. The number of benzene rings is 1. The Kier molecular flexibility index (Phi) is 4.57. The zero-order chi connectivity index (χ0) is 20.0. The number of ether oxygens (including phenoxy) is 1. The average molecular weight is 413 g/mol. The summed E-state index contributed by atoms with van der Waals surface area (Å²) >= 11 is 0. The number of rotatable bonds is 3. The topological polar surface area (TPSA) is 91.5 Å². The highest BCUT2D eigenvalue weighted by atomic mass is 32.2. The highest BCUT2D eigenvalue weighted by Gasteiger charge is 2.30. The van der Waals surface area contributed by atoms with Gasteiger partial charge in [0.05, 0.1) is 23.7 Å². The summed E-state index contributed by atoms with van der Waals surface area (Å²) in [7, 11) is -3.62. The van der Waals surface area contributed by atoms with E-state index in [9.17, 15) is 13.2 Å². The molecule has 152 valence electrons. The molecule has 8 heteroatoms. The Balaban J connectivity index is 1.52. The number of aryl methyl sites for hydroxylation is 2. The van der Waals surface area contributed by atoms with Gasteiger partial charge in [-0.25, -0.2) is 8.42 Å². The molecule has 1 aromatic carbocycles. The Morgan fingerprint density at radius 1 is 1.07 bits per heavy atom. The second kappa shape index (κ2) is 7.12. The third-order valence-electron chi connectivity index (χ3n) is 5.82. The molecule has 0 atom stereocenters. The van der Waals surface area contributed by atoms with Gasteiger partial charge in [-0.2, -0.15) is 4.31 Å². The minimum atomic E-state index is -3.62. The molecule has 2 aromatic rings. The molecular weight excluding hydrogens is 390 g/mol. The summed E-state index contributed by atoms with van der Waals surface area (Å²) in [6, 6.07) is 6.93. The zero-order valence-corrected chi connectivity index (χ0v) is 16.8. The van der Waals surface area contributed by atoms with Gasteiger partial charge in [-0.3, -0.25) is 4.79 Å². The maximum absolute atomic E-state index is 13.0. The van der Waals surface area contributed by atoms with Crippen LogP contribution in [0.5, 0.6) is 0 Å². The molecule has 1 aliphatic carbocycles. The molecule has 0 radical (unpaired) electrons. The molecule has 1 fully saturated rings. The van der Waals surface area contributed by atoms with Crippen molar-refractivity contribution in [1.29, 1.82) is 0 Å². The Morgan fingerprint density at radius 2 is 1.86 bits per heavy atom. The number of hydrogen-bond acceptors (Lipinski definition) is 4. The molecule has 29 heavy (non-hydrogen) atoms. The smallest absolute Gasteiger partial charge is 0.256 e. The summed E-state index contributed by atoms with van der Waals surface area (Å²) in [6.07, 6.45) is 6.27. The first kappa shape index (κ1) is 18.6. The van der Waals surface area contributed by atoms with Crippen molar-refractivity contribution in [2.75, 3.05) is 31.6 Å². The van der Waals surface area contributed by atoms with Gasteiger partial charge in [0.2, 0.25) is 10.0 Å². The Hall–Kier alpha value is -2.42. The van der Waals surface area contributed by atoms with Gasteiger partial charge < -0.3 is 15.0 Å². The third kappa shape index (κ3) is 3.31. The standard InChI is InChI=1S/C21H23N3O4S/c25-21-18(12-15-11-14-3-1-2-4-19(14)22-15)17-13-16(5-6-20(17)23-21)29(26,27)24-7-9-28-10-8-24/h5-6,11-13,22H,1-4,7-10H2,(H,23,25). The van der Waals surface area contributed by atoms with E-state index in [4.69, 9.17) is 4.74 Å². The summed E-state index contributed by atoms with van der Waals surface area (Å²) in [6.45, 7) is 1.47. The van der Waals surface area contributed by atoms with Gasteiger partial charge in [0, 0.05) is 35.7 Å². The number of amides is 1. The normalized spacial score (nSPS) is 21.1. The minimum Gasteiger partial charge on any atom is -0.379 e. The minimum absolute atomic E-state index is 0.200. The van der Waals surface area contributed by atoms with Crippen molar-refractivity contribution in [2.45, 2.75) is 30.6 Å². The second-order valence-corrected chi connectivity index (χ2v) is 9.61. The number of aromatic nitrogens is 1. The van der Waals surface area contributed by atoms with E-state index >= 15 is 0 Å². The van der Waals surface area contributed by atoms with Crippen LogP contribution in [0.15, 0.2) is 29.2 Å². The number of H-pyrrole nitrogens is 1. The second-order valence-electron chi connectivity index (χ2n) is 7.67. The molecule has 1 aromatic heterocycles. The lowest BCUT2D eigenvalue weighted by molar-refractivity contribution is -0.110. The van der Waals surface area contributed by atoms with Crippen molar-refractivity contribution in [2.24, 2.45) is 0 Å². The maximum atomic E-state index is 13.0. The SMILES string of the molecule is O=C1Nc2ccc(S(=O)(=O)N3CCOCC3)cc2C1=Cc1cc2c([nH]1)CCCC2. The zero-order valence-electron chi connectivity index (χ0n) is 16.0. The summed E-state index contributed by atoms with van der Waals surface area (Å²) in [5.41, 5.74) is 5.18. The van der Waals surface area contributed by atoms with E-state index in [2.05, 4.69) is 16.4 Å². The molecule has 1 amide bonds. The first-order valence-electron chi connectivity index (χ1n) is 9.98. The quantitative estimate of drug-likeness (QED) is 0.756. The van der Waals surface area contributed by atoms with Gasteiger partial charge in [0.15, 0.2) is 0 Å². The van der Waals surface area contributed by atoms with E-state index in [-0.39, 0.29) is 10.8 Å². The molecular formula is C21H23N3O4S. The molecule has 2 N–H and O–H groups in total. The van der Waals surface area contributed by atoms with Crippen molar-refractivity contribution >= 4 is 33.3 Å². The largest absolute Gasteiger partial charge is 0.379 e. The lowest BCUT2D eigenvalue weighted by Crippen LogP contribution is -2.40. The number of sulfonamides is 1. The monoisotopic (exact) mass is 413 g/mol. The van der Waals surface area contributed by atoms with Crippen molar-refractivity contribution in [3.8, 4) is 0 Å². The van der Waals surface area contributed by atoms with Crippen LogP contribution in [0.4, 0.5) is 5.69 Å². The number of anilines is 1. The van der Waals surface area contributed by atoms with Crippen LogP contribution in [-0.2, 0) is 32.4 Å². The molecule has 3 aliphatic rings. The lowest BCUT2D eigenvalue weighted by atomic mass is 9.98. The fourth-order valence-electron chi connectivity index (χ4n) is 4.27. The Bertz CT molecular complexity index is 1090. The lowest BCUT2D eigenvalue weighted by Gasteiger charge is -2.26. The number of nitrogens with zero attached hydrogens (tertiary/aromatic N) is 1. The predicted molar refractivity (Wildman–Crippen MR) is 110 cm³/mol. The highest BCUT2D eigenvalue weighted by Crippen LogP contribution is 2.36. The van der Waals surface area contributed by atoms with Gasteiger partial charge in [-0.05, 0) is 61.6 Å². The van der Waals surface area contributed by atoms with Crippen LogP contribution < -0.4 is 5.32 Å². The van der Waals surface area contributed by atoms with E-state index in [0.717, 1.165) is 18.5 Å². The van der Waals surface area contributed by atoms with Gasteiger partial charge >= 0.3 is 0 Å². The molecule has 0 spiro atoms. The van der Waals surface area contributed by atoms with Crippen molar-refractivity contribution < 1.29 is 17.9 Å². The van der Waals surface area contributed by atoms with Crippen LogP contribution in [0.1, 0.15) is 35.4 Å². The van der Waals surface area contributed by atoms with Gasteiger partial charge in [-0.1, -0.05) is 0 Å². The molecule has 0 unspecified atom stereocenters. The van der Waals surface area contributed by atoms with Gasteiger partial charge in [0.1, 0.15) is 0 Å². The highest BCUT2D eigenvalue weighted by molar-refractivity contribution is 7.89. The Labute approximate surface area is 169 Å². The number of morpholine rings is 1. The fraction of sp³-hybridized carbons (Fsp3) is 0.381. The van der Waals surface area contributed by atoms with Gasteiger partial charge in [-0.15, -0.1) is 0 Å². The number of carbonyl (C=O) groups excluding carboxylic acids is 1. The first-order valence-corrected chi connectivity index (χ1v) is 11.4. The number of nitrogens with one attached hydrogen (secondary N) is 2. The van der Waals surface area contributed by atoms with E-state index in [1.54, 1.807) is 18.2 Å². The van der Waals surface area contributed by atoms with E-state index in [1.165, 1.54) is 28.4 Å². The van der Waals surface area contributed by atoms with Crippen molar-refractivity contribution in [1.82, 2.24) is 9.29 Å². The van der Waals surface area contributed by atoms with E-state index in [0.29, 0.717) is 43.1 Å². The van der Waals surface area contributed by atoms with E-state index in [1.807, 2.05) is 6.08 Å². The van der Waals surface area contributed by atoms with Crippen LogP contribution in [0.3, 0.4) is 0 Å². The number of fused-ring (bicyclic) bond motifs is 2. The number of hydrogen-bond donors (Lipinski definition) is 2. The molecule has 2 aliphatic heterocycles. The average Bonchev–Trinajstić information content (AvgIpc) is 3.28. The Morgan fingerprint density at radius 3 is 2.66 bits per heavy atom. The van der Waals surface area contributed by atoms with Crippen LogP contribution in [0, 0.1) is 0 Å². The molecule has 1 saturated heterocycles. The van der Waals surface area contributed by atoms with Crippen LogP contribution in [0.25, 0.3) is 11.6 Å². The summed E-state index contributed by atoms with van der Waals surface area (Å²) < 4.78 is 32.7. The fourth-order valence-corrected chi connectivity index (χ4v) is 5.70. The first-order chi connectivity index (χ1) is 14.0. The summed E-state index contributed by atoms with van der Waals surface area (Å²) in [5, 5.41) is 2.84. The third-order valence-corrected chi connectivity index (χ3v) is 7.71. The van der Waals surface area contributed by atoms with E-state index < -0.39 is 10.0 Å². The molecule has 0 saturated carbocycles. The van der Waals surface area contributed by atoms with Crippen LogP contribution >= 0.6 is 0 Å². The van der Waals surface area contributed by atoms with Crippen LogP contribution in [0.2, 0.25) is 0 Å². The van der Waals surface area contributed by atoms with Crippen molar-refractivity contribution in [3.63, 3.8) is 0 Å². The molecule has 3 heterocycles. The summed E-state index contributed by atoms with van der Waals surface area (Å²) in [5.74, 6) is -0.214. The van der Waals surface area contributed by atoms with Crippen molar-refractivity contribution in [3.05, 3.63) is 46.8 Å². The van der Waals surface area contributed by atoms with Crippen LogP contribution in [-0.4, -0.2) is 49.9 Å². The van der Waals surface area contributed by atoms with Gasteiger partial charge in [0.25, 0.3) is 5.91 Å². The molecule has 5 rings (SSSR count).